The number of hydrogen-bond donors (Lipinski definition) is 1. The van der Waals surface area contributed by atoms with Gasteiger partial charge >= 0.3 is 0 Å². The molecule has 2 aromatic carbocycles. The molecule has 1 N–H and O–H groups in total. The second kappa shape index (κ2) is 10.3. The zero-order valence-corrected chi connectivity index (χ0v) is 19.7. The zero-order valence-electron chi connectivity index (χ0n) is 19.7. The van der Waals surface area contributed by atoms with E-state index in [-0.39, 0.29) is 28.6 Å². The maximum absolute atomic E-state index is 13.4. The number of aromatic nitrogens is 2. The molecule has 186 valence electrons. The highest BCUT2D eigenvalue weighted by molar-refractivity contribution is 6.04. The molecule has 0 bridgehead atoms. The van der Waals surface area contributed by atoms with Crippen molar-refractivity contribution in [3.63, 3.8) is 0 Å². The number of alkyl halides is 2. The molecule has 4 rings (SSSR count). The lowest BCUT2D eigenvalue weighted by Gasteiger charge is -2.28. The molecular formula is C26H24F2N4O4. The molecule has 1 aliphatic rings. The average molecular weight is 494 g/mol. The Kier molecular flexibility index (Phi) is 7.12. The first-order valence-electron chi connectivity index (χ1n) is 11.2. The minimum Gasteiger partial charge on any atom is -0.487 e. The molecule has 0 spiro atoms. The lowest BCUT2D eigenvalue weighted by molar-refractivity contribution is -0.0292. The molecule has 2 heterocycles. The van der Waals surface area contributed by atoms with E-state index in [2.05, 4.69) is 16.5 Å². The highest BCUT2D eigenvalue weighted by Gasteiger charge is 2.26. The van der Waals surface area contributed by atoms with Crippen LogP contribution >= 0.6 is 0 Å². The third kappa shape index (κ3) is 5.26. The summed E-state index contributed by atoms with van der Waals surface area (Å²) in [6, 6.07) is 15.0. The minimum absolute atomic E-state index is 0.0621. The third-order valence-electron chi connectivity index (χ3n) is 5.83. The van der Waals surface area contributed by atoms with Gasteiger partial charge in [-0.2, -0.15) is 10.4 Å². The Morgan fingerprint density at radius 1 is 1.25 bits per heavy atom. The molecule has 0 saturated carbocycles. The minimum atomic E-state index is -2.70. The van der Waals surface area contributed by atoms with Gasteiger partial charge < -0.3 is 14.8 Å². The Bertz CT molecular complexity index is 1360. The maximum Gasteiger partial charge on any atom is 0.272 e. The van der Waals surface area contributed by atoms with Crippen molar-refractivity contribution in [3.8, 4) is 23.1 Å². The number of rotatable bonds is 8. The van der Waals surface area contributed by atoms with Crippen LogP contribution in [0.15, 0.2) is 59.5 Å². The summed E-state index contributed by atoms with van der Waals surface area (Å²) in [5.41, 5.74) is -0.200. The molecule has 0 atom stereocenters. The van der Waals surface area contributed by atoms with Gasteiger partial charge in [0.1, 0.15) is 23.6 Å². The van der Waals surface area contributed by atoms with Crippen molar-refractivity contribution in [1.82, 2.24) is 9.78 Å². The number of anilines is 1. The monoisotopic (exact) mass is 494 g/mol. The number of amides is 1. The van der Waals surface area contributed by atoms with E-state index in [4.69, 9.17) is 9.47 Å². The van der Waals surface area contributed by atoms with Crippen molar-refractivity contribution in [2.75, 3.05) is 25.1 Å². The van der Waals surface area contributed by atoms with Gasteiger partial charge in [0, 0.05) is 17.4 Å². The maximum atomic E-state index is 13.4. The van der Waals surface area contributed by atoms with Crippen LogP contribution < -0.4 is 15.5 Å². The second-order valence-corrected chi connectivity index (χ2v) is 8.86. The number of nitriles is 1. The standard InChI is InChI=1S/C26H24F2N4O4/c1-26(2,15-29)16-7-9-17(10-8-16)30-25(34)20-11-32(18-12-35-13-18)31-23(24(20)33)19-5-3-4-6-21(19)36-14-22(27)28/h3-11,18,22H,12-14H2,1-2H3,(H,30,34). The van der Waals surface area contributed by atoms with E-state index in [1.54, 1.807) is 50.2 Å². The SMILES string of the molecule is CC(C)(C#N)c1ccc(NC(=O)c2cn(C3COC3)nc(-c3ccccc3OCC(F)F)c2=O)cc1. The molecule has 0 radical (unpaired) electrons. The molecule has 1 aromatic heterocycles. The number of halogens is 2. The highest BCUT2D eigenvalue weighted by atomic mass is 19.3. The van der Waals surface area contributed by atoms with E-state index in [1.165, 1.54) is 23.0 Å². The zero-order chi connectivity index (χ0) is 25.9. The Balaban J connectivity index is 1.71. The van der Waals surface area contributed by atoms with Gasteiger partial charge in [0.2, 0.25) is 5.43 Å². The van der Waals surface area contributed by atoms with Gasteiger partial charge in [0.05, 0.1) is 30.7 Å². The van der Waals surface area contributed by atoms with Gasteiger partial charge in [-0.05, 0) is 43.7 Å². The second-order valence-electron chi connectivity index (χ2n) is 8.86. The first kappa shape index (κ1) is 25.0. The van der Waals surface area contributed by atoms with E-state index in [9.17, 15) is 23.6 Å². The molecule has 1 amide bonds. The Hall–Kier alpha value is -4.10. The fraction of sp³-hybridized carbons (Fsp3) is 0.308. The molecule has 0 aliphatic carbocycles. The van der Waals surface area contributed by atoms with E-state index < -0.39 is 29.8 Å². The molecule has 0 unspecified atom stereocenters. The number of nitrogens with one attached hydrogen (secondary N) is 1. The van der Waals surface area contributed by atoms with Gasteiger partial charge in [0.15, 0.2) is 0 Å². The smallest absolute Gasteiger partial charge is 0.272 e. The average Bonchev–Trinajstić information content (AvgIpc) is 2.83. The summed E-state index contributed by atoms with van der Waals surface area (Å²) in [6.45, 7) is 3.44. The predicted molar refractivity (Wildman–Crippen MR) is 128 cm³/mol. The number of ether oxygens (including phenoxy) is 2. The number of carbonyl (C=O) groups is 1. The van der Waals surface area contributed by atoms with Crippen LogP contribution in [0.5, 0.6) is 5.75 Å². The quantitative estimate of drug-likeness (QED) is 0.504. The normalized spacial score (nSPS) is 13.7. The number of benzene rings is 2. The Morgan fingerprint density at radius 2 is 1.94 bits per heavy atom. The summed E-state index contributed by atoms with van der Waals surface area (Å²) >= 11 is 0. The van der Waals surface area contributed by atoms with Gasteiger partial charge in [-0.25, -0.2) is 8.78 Å². The summed E-state index contributed by atoms with van der Waals surface area (Å²) in [5.74, 6) is -0.594. The van der Waals surface area contributed by atoms with Crippen LogP contribution in [0.1, 0.15) is 35.8 Å². The molecule has 3 aromatic rings. The molecule has 1 fully saturated rings. The topological polar surface area (TPSA) is 106 Å². The fourth-order valence-electron chi connectivity index (χ4n) is 3.58. The molecule has 36 heavy (non-hydrogen) atoms. The van der Waals surface area contributed by atoms with Gasteiger partial charge in [0.25, 0.3) is 12.3 Å². The van der Waals surface area contributed by atoms with Crippen LogP contribution in [0, 0.1) is 11.3 Å². The van der Waals surface area contributed by atoms with Crippen LogP contribution in [0.2, 0.25) is 0 Å². The molecule has 10 heteroatoms. The van der Waals surface area contributed by atoms with Crippen LogP contribution in [-0.2, 0) is 10.2 Å². The fourth-order valence-corrected chi connectivity index (χ4v) is 3.58. The number of hydrogen-bond acceptors (Lipinski definition) is 6. The highest BCUT2D eigenvalue weighted by Crippen LogP contribution is 2.28. The van der Waals surface area contributed by atoms with Crippen LogP contribution in [0.25, 0.3) is 11.3 Å². The largest absolute Gasteiger partial charge is 0.487 e. The molecular weight excluding hydrogens is 470 g/mol. The van der Waals surface area contributed by atoms with Crippen molar-refractivity contribution in [2.24, 2.45) is 0 Å². The summed E-state index contributed by atoms with van der Waals surface area (Å²) < 4.78 is 37.4. The van der Waals surface area contributed by atoms with Crippen molar-refractivity contribution < 1.29 is 23.0 Å². The Morgan fingerprint density at radius 3 is 2.56 bits per heavy atom. The van der Waals surface area contributed by atoms with Crippen LogP contribution in [0.4, 0.5) is 14.5 Å². The number of nitrogens with zero attached hydrogens (tertiary/aromatic N) is 3. The van der Waals surface area contributed by atoms with E-state index in [0.29, 0.717) is 18.9 Å². The summed E-state index contributed by atoms with van der Waals surface area (Å²) in [4.78, 5) is 26.6. The Labute approximate surface area is 206 Å². The lowest BCUT2D eigenvalue weighted by atomic mass is 9.86. The van der Waals surface area contributed by atoms with Crippen molar-refractivity contribution in [1.29, 1.82) is 5.26 Å². The van der Waals surface area contributed by atoms with E-state index in [0.717, 1.165) is 5.56 Å². The first-order chi connectivity index (χ1) is 17.2. The van der Waals surface area contributed by atoms with Crippen molar-refractivity contribution in [2.45, 2.75) is 31.7 Å². The molecule has 1 aliphatic heterocycles. The predicted octanol–water partition coefficient (Wildman–Crippen LogP) is 4.18. The molecule has 8 nitrogen and oxygen atoms in total. The third-order valence-corrected chi connectivity index (χ3v) is 5.83. The van der Waals surface area contributed by atoms with E-state index >= 15 is 0 Å². The first-order valence-corrected chi connectivity index (χ1v) is 11.2. The van der Waals surface area contributed by atoms with Crippen molar-refractivity contribution >= 4 is 11.6 Å². The lowest BCUT2D eigenvalue weighted by Crippen LogP contribution is -2.35. The van der Waals surface area contributed by atoms with Crippen LogP contribution in [-0.4, -0.2) is 41.9 Å². The van der Waals surface area contributed by atoms with Crippen LogP contribution in [0.3, 0.4) is 0 Å². The van der Waals surface area contributed by atoms with Gasteiger partial charge in [-0.15, -0.1) is 0 Å². The van der Waals surface area contributed by atoms with Gasteiger partial charge in [-0.3, -0.25) is 14.3 Å². The number of para-hydroxylation sites is 1. The number of carbonyl (C=O) groups excluding carboxylic acids is 1. The van der Waals surface area contributed by atoms with Gasteiger partial charge in [-0.1, -0.05) is 24.3 Å². The summed E-state index contributed by atoms with van der Waals surface area (Å²) in [5, 5.41) is 16.4. The summed E-state index contributed by atoms with van der Waals surface area (Å²) in [6.07, 6.45) is -1.33. The molecule has 1 saturated heterocycles. The summed E-state index contributed by atoms with van der Waals surface area (Å²) in [7, 11) is 0. The van der Waals surface area contributed by atoms with Crippen molar-refractivity contribution in [3.05, 3.63) is 76.1 Å². The van der Waals surface area contributed by atoms with E-state index in [1.807, 2.05) is 0 Å².